The van der Waals surface area contributed by atoms with Crippen molar-refractivity contribution in [1.29, 1.82) is 0 Å². The summed E-state index contributed by atoms with van der Waals surface area (Å²) in [5, 5.41) is 1.22. The molecule has 0 bridgehead atoms. The monoisotopic (exact) mass is 357 g/mol. The van der Waals surface area contributed by atoms with E-state index < -0.39 is 0 Å². The molecule has 1 aromatic heterocycles. The predicted octanol–water partition coefficient (Wildman–Crippen LogP) is 4.13. The summed E-state index contributed by atoms with van der Waals surface area (Å²) >= 11 is 1.88. The van der Waals surface area contributed by atoms with E-state index in [9.17, 15) is 0 Å². The van der Waals surface area contributed by atoms with E-state index in [2.05, 4.69) is 45.2 Å². The van der Waals surface area contributed by atoms with Crippen LogP contribution in [0.25, 0.3) is 0 Å². The van der Waals surface area contributed by atoms with Gasteiger partial charge in [0.1, 0.15) is 5.75 Å². The normalized spacial score (nSPS) is 19.5. The van der Waals surface area contributed by atoms with Crippen LogP contribution in [0.3, 0.4) is 0 Å². The van der Waals surface area contributed by atoms with Gasteiger partial charge in [0.15, 0.2) is 5.13 Å². The summed E-state index contributed by atoms with van der Waals surface area (Å²) in [6.45, 7) is 5.71. The Morgan fingerprint density at radius 1 is 1.12 bits per heavy atom. The lowest BCUT2D eigenvalue weighted by molar-refractivity contribution is 0.204. The maximum atomic E-state index is 5.55. The number of anilines is 1. The Morgan fingerprint density at radius 3 is 2.64 bits per heavy atom. The van der Waals surface area contributed by atoms with Gasteiger partial charge in [-0.3, -0.25) is 4.90 Å². The molecule has 5 heteroatoms. The predicted molar refractivity (Wildman–Crippen MR) is 104 cm³/mol. The van der Waals surface area contributed by atoms with Crippen LogP contribution in [0.15, 0.2) is 30.5 Å². The smallest absolute Gasteiger partial charge is 0.185 e. The molecule has 0 radical (unpaired) electrons. The van der Waals surface area contributed by atoms with Crippen molar-refractivity contribution in [2.24, 2.45) is 0 Å². The number of hydrogen-bond acceptors (Lipinski definition) is 5. The Balaban J connectivity index is 1.33. The van der Waals surface area contributed by atoms with Crippen LogP contribution in [-0.4, -0.2) is 43.2 Å². The van der Waals surface area contributed by atoms with Gasteiger partial charge in [0.05, 0.1) is 7.11 Å². The molecule has 0 N–H and O–H groups in total. The summed E-state index contributed by atoms with van der Waals surface area (Å²) in [6, 6.07) is 8.49. The molecular formula is C20H27N3OS. The number of hydrogen-bond donors (Lipinski definition) is 0. The minimum absolute atomic E-state index is 0.619. The van der Waals surface area contributed by atoms with Crippen molar-refractivity contribution < 1.29 is 4.74 Å². The highest BCUT2D eigenvalue weighted by atomic mass is 32.1. The van der Waals surface area contributed by atoms with Gasteiger partial charge >= 0.3 is 0 Å². The summed E-state index contributed by atoms with van der Waals surface area (Å²) < 4.78 is 5.55. The van der Waals surface area contributed by atoms with Crippen LogP contribution in [0.5, 0.6) is 5.75 Å². The fourth-order valence-electron chi connectivity index (χ4n) is 4.05. The summed E-state index contributed by atoms with van der Waals surface area (Å²) in [5.41, 5.74) is 1.37. The molecule has 3 heterocycles. The molecule has 2 saturated heterocycles. The van der Waals surface area contributed by atoms with Crippen molar-refractivity contribution in [2.45, 2.75) is 38.1 Å². The molecule has 0 saturated carbocycles. The molecule has 0 amide bonds. The third-order valence-corrected chi connectivity index (χ3v) is 6.51. The maximum Gasteiger partial charge on any atom is 0.185 e. The third kappa shape index (κ3) is 3.82. The number of thiazole rings is 1. The van der Waals surface area contributed by atoms with Gasteiger partial charge < -0.3 is 9.64 Å². The fraction of sp³-hybridized carbons (Fsp3) is 0.550. The molecule has 2 aliphatic heterocycles. The van der Waals surface area contributed by atoms with E-state index >= 15 is 0 Å². The summed E-state index contributed by atoms with van der Waals surface area (Å²) in [6.07, 6.45) is 7.12. The molecule has 0 spiro atoms. The van der Waals surface area contributed by atoms with E-state index in [1.807, 2.05) is 11.3 Å². The molecule has 4 rings (SSSR count). The molecule has 0 aliphatic carbocycles. The minimum Gasteiger partial charge on any atom is -0.496 e. The molecule has 134 valence electrons. The lowest BCUT2D eigenvalue weighted by Crippen LogP contribution is -2.32. The SMILES string of the molecule is COc1ccccc1C1CCN(Cc2cnc(N3CCCC3)s2)CC1. The van der Waals surface area contributed by atoms with Gasteiger partial charge in [0.2, 0.25) is 0 Å². The zero-order chi connectivity index (χ0) is 17.1. The van der Waals surface area contributed by atoms with E-state index in [4.69, 9.17) is 4.74 Å². The van der Waals surface area contributed by atoms with Crippen LogP contribution < -0.4 is 9.64 Å². The summed E-state index contributed by atoms with van der Waals surface area (Å²) in [7, 11) is 1.77. The highest BCUT2D eigenvalue weighted by Crippen LogP contribution is 2.35. The van der Waals surface area contributed by atoms with Gasteiger partial charge in [-0.2, -0.15) is 0 Å². The Morgan fingerprint density at radius 2 is 1.88 bits per heavy atom. The molecule has 1 aromatic carbocycles. The first-order chi connectivity index (χ1) is 12.3. The number of piperidine rings is 1. The lowest BCUT2D eigenvalue weighted by atomic mass is 9.89. The number of aromatic nitrogens is 1. The first kappa shape index (κ1) is 16.9. The van der Waals surface area contributed by atoms with Crippen LogP contribution in [0.2, 0.25) is 0 Å². The van der Waals surface area contributed by atoms with Crippen molar-refractivity contribution >= 4 is 16.5 Å². The van der Waals surface area contributed by atoms with Crippen molar-refractivity contribution in [2.75, 3.05) is 38.2 Å². The van der Waals surface area contributed by atoms with Crippen LogP contribution in [0, 0.1) is 0 Å². The van der Waals surface area contributed by atoms with Gasteiger partial charge in [-0.25, -0.2) is 4.98 Å². The number of methoxy groups -OCH3 is 1. The Bertz CT molecular complexity index is 688. The first-order valence-electron chi connectivity index (χ1n) is 9.38. The van der Waals surface area contributed by atoms with Crippen molar-refractivity contribution in [3.63, 3.8) is 0 Å². The van der Waals surface area contributed by atoms with Crippen LogP contribution >= 0.6 is 11.3 Å². The second-order valence-electron chi connectivity index (χ2n) is 7.10. The molecule has 4 nitrogen and oxygen atoms in total. The zero-order valence-electron chi connectivity index (χ0n) is 15.0. The van der Waals surface area contributed by atoms with Crippen molar-refractivity contribution in [1.82, 2.24) is 9.88 Å². The van der Waals surface area contributed by atoms with Crippen LogP contribution in [0.4, 0.5) is 5.13 Å². The van der Waals surface area contributed by atoms with E-state index in [1.165, 1.54) is 54.3 Å². The fourth-order valence-corrected chi connectivity index (χ4v) is 5.06. The van der Waals surface area contributed by atoms with Gasteiger partial charge in [-0.1, -0.05) is 18.2 Å². The highest BCUT2D eigenvalue weighted by Gasteiger charge is 2.23. The van der Waals surface area contributed by atoms with Gasteiger partial charge in [-0.05, 0) is 56.3 Å². The van der Waals surface area contributed by atoms with Crippen molar-refractivity contribution in [3.8, 4) is 5.75 Å². The number of nitrogens with zero attached hydrogens (tertiary/aromatic N) is 3. The Kier molecular flexibility index (Phi) is 5.22. The Hall–Kier alpha value is -1.59. The van der Waals surface area contributed by atoms with Crippen molar-refractivity contribution in [3.05, 3.63) is 40.9 Å². The van der Waals surface area contributed by atoms with Crippen LogP contribution in [-0.2, 0) is 6.54 Å². The minimum atomic E-state index is 0.619. The number of benzene rings is 1. The van der Waals surface area contributed by atoms with E-state index in [-0.39, 0.29) is 0 Å². The topological polar surface area (TPSA) is 28.6 Å². The van der Waals surface area contributed by atoms with E-state index in [0.717, 1.165) is 25.4 Å². The molecule has 2 aromatic rings. The summed E-state index contributed by atoms with van der Waals surface area (Å²) in [5.74, 6) is 1.66. The Labute approximate surface area is 154 Å². The molecule has 0 unspecified atom stereocenters. The van der Waals surface area contributed by atoms with Gasteiger partial charge in [-0.15, -0.1) is 11.3 Å². The second kappa shape index (κ2) is 7.75. The molecular weight excluding hydrogens is 330 g/mol. The average molecular weight is 358 g/mol. The quantitative estimate of drug-likeness (QED) is 0.804. The molecule has 0 atom stereocenters. The standard InChI is InChI=1S/C20H27N3OS/c1-24-19-7-3-2-6-18(19)16-8-12-22(13-9-16)15-17-14-21-20(25-17)23-10-4-5-11-23/h2-3,6-7,14,16H,4-5,8-13,15H2,1H3. The number of likely N-dealkylation sites (tertiary alicyclic amines) is 1. The largest absolute Gasteiger partial charge is 0.496 e. The highest BCUT2D eigenvalue weighted by molar-refractivity contribution is 7.15. The van der Waals surface area contributed by atoms with Crippen LogP contribution in [0.1, 0.15) is 42.0 Å². The lowest BCUT2D eigenvalue weighted by Gasteiger charge is -2.32. The number of ether oxygens (including phenoxy) is 1. The van der Waals surface area contributed by atoms with E-state index in [1.54, 1.807) is 7.11 Å². The van der Waals surface area contributed by atoms with Gasteiger partial charge in [0, 0.05) is 30.7 Å². The van der Waals surface area contributed by atoms with E-state index in [0.29, 0.717) is 5.92 Å². The molecule has 2 aliphatic rings. The maximum absolute atomic E-state index is 5.55. The number of rotatable bonds is 5. The molecule has 25 heavy (non-hydrogen) atoms. The zero-order valence-corrected chi connectivity index (χ0v) is 15.8. The first-order valence-corrected chi connectivity index (χ1v) is 10.2. The average Bonchev–Trinajstić information content (AvgIpc) is 3.34. The second-order valence-corrected chi connectivity index (χ2v) is 8.19. The molecule has 2 fully saturated rings. The summed E-state index contributed by atoms with van der Waals surface area (Å²) in [4.78, 5) is 11.1. The number of para-hydroxylation sites is 1. The van der Waals surface area contributed by atoms with Gasteiger partial charge in [0.25, 0.3) is 0 Å². The third-order valence-electron chi connectivity index (χ3n) is 5.46.